The molecule has 0 amide bonds. The van der Waals surface area contributed by atoms with E-state index in [0.717, 1.165) is 37.7 Å². The van der Waals surface area contributed by atoms with Crippen LogP contribution >= 0.6 is 27.5 Å². The summed E-state index contributed by atoms with van der Waals surface area (Å²) in [6.45, 7) is 1.88. The summed E-state index contributed by atoms with van der Waals surface area (Å²) in [6, 6.07) is 3.47. The summed E-state index contributed by atoms with van der Waals surface area (Å²) >= 11 is 9.42. The first-order valence-electron chi connectivity index (χ1n) is 6.37. The monoisotopic (exact) mass is 365 g/mol. The van der Waals surface area contributed by atoms with E-state index in [0.29, 0.717) is 15.2 Å². The SMILES string of the molecule is Cc1cc(Br)c(NS(=O)(=O)C2CCCCC2)cc1Cl. The minimum absolute atomic E-state index is 0.284. The Morgan fingerprint density at radius 3 is 2.53 bits per heavy atom. The maximum absolute atomic E-state index is 12.3. The molecule has 0 aromatic heterocycles. The van der Waals surface area contributed by atoms with Crippen molar-refractivity contribution < 1.29 is 8.42 Å². The number of hydrogen-bond acceptors (Lipinski definition) is 2. The number of rotatable bonds is 3. The lowest BCUT2D eigenvalue weighted by atomic mass is 10.0. The van der Waals surface area contributed by atoms with Gasteiger partial charge in [0.25, 0.3) is 0 Å². The summed E-state index contributed by atoms with van der Waals surface area (Å²) in [4.78, 5) is 0. The molecule has 1 saturated carbocycles. The molecule has 3 nitrogen and oxygen atoms in total. The standard InChI is InChI=1S/C13H17BrClNO2S/c1-9-7-11(14)13(8-12(9)15)16-19(17,18)10-5-3-2-4-6-10/h7-8,10,16H,2-6H2,1H3. The number of hydrogen-bond donors (Lipinski definition) is 1. The molecular weight excluding hydrogens is 350 g/mol. The van der Waals surface area contributed by atoms with Gasteiger partial charge >= 0.3 is 0 Å². The molecule has 0 atom stereocenters. The molecule has 0 heterocycles. The maximum Gasteiger partial charge on any atom is 0.235 e. The first kappa shape index (κ1) is 15.1. The van der Waals surface area contributed by atoms with Crippen molar-refractivity contribution in [3.05, 3.63) is 27.2 Å². The van der Waals surface area contributed by atoms with Crippen molar-refractivity contribution in [2.75, 3.05) is 4.72 Å². The number of anilines is 1. The van der Waals surface area contributed by atoms with Crippen LogP contribution in [0.4, 0.5) is 5.69 Å². The average molecular weight is 367 g/mol. The molecule has 1 N–H and O–H groups in total. The van der Waals surface area contributed by atoms with Crippen molar-refractivity contribution in [1.29, 1.82) is 0 Å². The predicted molar refractivity (Wildman–Crippen MR) is 83.3 cm³/mol. The summed E-state index contributed by atoms with van der Waals surface area (Å²) in [5, 5.41) is 0.276. The van der Waals surface area contributed by atoms with Crippen LogP contribution in [0.25, 0.3) is 0 Å². The van der Waals surface area contributed by atoms with Gasteiger partial charge in [-0.25, -0.2) is 8.42 Å². The van der Waals surface area contributed by atoms with Crippen LogP contribution in [0.2, 0.25) is 5.02 Å². The van der Waals surface area contributed by atoms with Crippen LogP contribution in [-0.2, 0) is 10.0 Å². The van der Waals surface area contributed by atoms with Gasteiger partial charge in [-0.05, 0) is 53.4 Å². The van der Waals surface area contributed by atoms with E-state index in [1.54, 1.807) is 6.07 Å². The molecular formula is C13H17BrClNO2S. The molecule has 1 fully saturated rings. The predicted octanol–water partition coefficient (Wildman–Crippen LogP) is 4.49. The second kappa shape index (κ2) is 6.02. The van der Waals surface area contributed by atoms with E-state index in [9.17, 15) is 8.42 Å². The second-order valence-electron chi connectivity index (χ2n) is 4.99. The molecule has 1 aliphatic carbocycles. The Balaban J connectivity index is 2.22. The van der Waals surface area contributed by atoms with E-state index < -0.39 is 10.0 Å². The van der Waals surface area contributed by atoms with Gasteiger partial charge in [-0.15, -0.1) is 0 Å². The first-order chi connectivity index (χ1) is 8.90. The van der Waals surface area contributed by atoms with Crippen LogP contribution in [0.3, 0.4) is 0 Å². The molecule has 1 aromatic carbocycles. The third-order valence-electron chi connectivity index (χ3n) is 3.49. The highest BCUT2D eigenvalue weighted by molar-refractivity contribution is 9.10. The van der Waals surface area contributed by atoms with Gasteiger partial charge in [0.15, 0.2) is 0 Å². The van der Waals surface area contributed by atoms with Crippen LogP contribution in [0.1, 0.15) is 37.7 Å². The van der Waals surface area contributed by atoms with E-state index in [4.69, 9.17) is 11.6 Å². The highest BCUT2D eigenvalue weighted by Crippen LogP contribution is 2.32. The smallest absolute Gasteiger partial charge is 0.235 e. The summed E-state index contributed by atoms with van der Waals surface area (Å²) in [5.41, 5.74) is 1.43. The molecule has 0 unspecified atom stereocenters. The van der Waals surface area contributed by atoms with Crippen LogP contribution in [0.15, 0.2) is 16.6 Å². The number of sulfonamides is 1. The minimum Gasteiger partial charge on any atom is -0.282 e. The Hall–Kier alpha value is -0.260. The van der Waals surface area contributed by atoms with E-state index in [2.05, 4.69) is 20.7 Å². The largest absolute Gasteiger partial charge is 0.282 e. The van der Waals surface area contributed by atoms with Gasteiger partial charge in [-0.1, -0.05) is 30.9 Å². The van der Waals surface area contributed by atoms with Crippen molar-refractivity contribution >= 4 is 43.2 Å². The lowest BCUT2D eigenvalue weighted by molar-refractivity contribution is 0.486. The number of nitrogens with one attached hydrogen (secondary N) is 1. The zero-order valence-corrected chi connectivity index (χ0v) is 13.9. The van der Waals surface area contributed by atoms with Crippen LogP contribution < -0.4 is 4.72 Å². The summed E-state index contributed by atoms with van der Waals surface area (Å²) < 4.78 is 28.0. The summed E-state index contributed by atoms with van der Waals surface area (Å²) in [5.74, 6) is 0. The van der Waals surface area contributed by atoms with Crippen molar-refractivity contribution in [2.45, 2.75) is 44.3 Å². The van der Waals surface area contributed by atoms with Gasteiger partial charge in [0, 0.05) is 9.50 Å². The molecule has 106 valence electrons. The van der Waals surface area contributed by atoms with Crippen LogP contribution in [0.5, 0.6) is 0 Å². The van der Waals surface area contributed by atoms with E-state index in [1.165, 1.54) is 0 Å². The van der Waals surface area contributed by atoms with Crippen molar-refractivity contribution in [3.63, 3.8) is 0 Å². The van der Waals surface area contributed by atoms with Gasteiger partial charge in [-0.3, -0.25) is 4.72 Å². The fraction of sp³-hybridized carbons (Fsp3) is 0.538. The Labute approximate surface area is 127 Å². The Morgan fingerprint density at radius 2 is 1.89 bits per heavy atom. The summed E-state index contributed by atoms with van der Waals surface area (Å²) in [7, 11) is -3.33. The van der Waals surface area contributed by atoms with E-state index >= 15 is 0 Å². The molecule has 0 spiro atoms. The fourth-order valence-corrected chi connectivity index (χ4v) is 4.78. The maximum atomic E-state index is 12.3. The van der Waals surface area contributed by atoms with Gasteiger partial charge in [-0.2, -0.15) is 0 Å². The van der Waals surface area contributed by atoms with E-state index in [-0.39, 0.29) is 5.25 Å². The van der Waals surface area contributed by atoms with Gasteiger partial charge in [0.1, 0.15) is 0 Å². The Kier molecular flexibility index (Phi) is 4.79. The topological polar surface area (TPSA) is 46.2 Å². The molecule has 1 aliphatic rings. The minimum atomic E-state index is -3.33. The lowest BCUT2D eigenvalue weighted by Gasteiger charge is -2.23. The zero-order chi connectivity index (χ0) is 14.0. The molecule has 0 aliphatic heterocycles. The molecule has 0 saturated heterocycles. The molecule has 0 radical (unpaired) electrons. The highest BCUT2D eigenvalue weighted by Gasteiger charge is 2.27. The average Bonchev–Trinajstić information content (AvgIpc) is 2.37. The quantitative estimate of drug-likeness (QED) is 0.857. The molecule has 6 heteroatoms. The van der Waals surface area contributed by atoms with Crippen LogP contribution in [-0.4, -0.2) is 13.7 Å². The second-order valence-corrected chi connectivity index (χ2v) is 8.21. The van der Waals surface area contributed by atoms with Crippen molar-refractivity contribution in [3.8, 4) is 0 Å². The van der Waals surface area contributed by atoms with Gasteiger partial charge in [0.05, 0.1) is 10.9 Å². The van der Waals surface area contributed by atoms with Gasteiger partial charge in [0.2, 0.25) is 10.0 Å². The third-order valence-corrected chi connectivity index (χ3v) is 6.41. The lowest BCUT2D eigenvalue weighted by Crippen LogP contribution is -2.29. The molecule has 0 bridgehead atoms. The summed E-state index contributed by atoms with van der Waals surface area (Å²) in [6.07, 6.45) is 4.59. The third kappa shape index (κ3) is 3.64. The first-order valence-corrected chi connectivity index (χ1v) is 9.09. The molecule has 2 rings (SSSR count). The number of aryl methyl sites for hydroxylation is 1. The number of halogens is 2. The molecule has 1 aromatic rings. The Morgan fingerprint density at radius 1 is 1.26 bits per heavy atom. The fourth-order valence-electron chi connectivity index (χ4n) is 2.34. The van der Waals surface area contributed by atoms with Gasteiger partial charge < -0.3 is 0 Å². The van der Waals surface area contributed by atoms with Crippen molar-refractivity contribution in [2.24, 2.45) is 0 Å². The number of benzene rings is 1. The Bertz CT molecular complexity index is 568. The highest BCUT2D eigenvalue weighted by atomic mass is 79.9. The molecule has 19 heavy (non-hydrogen) atoms. The normalized spacial score (nSPS) is 17.4. The van der Waals surface area contributed by atoms with Crippen molar-refractivity contribution in [1.82, 2.24) is 0 Å². The van der Waals surface area contributed by atoms with Crippen LogP contribution in [0, 0.1) is 6.92 Å². The zero-order valence-electron chi connectivity index (χ0n) is 10.7. The van der Waals surface area contributed by atoms with E-state index in [1.807, 2.05) is 13.0 Å².